The van der Waals surface area contributed by atoms with Crippen molar-refractivity contribution in [3.63, 3.8) is 0 Å². The first-order chi connectivity index (χ1) is 14.0. The highest BCUT2D eigenvalue weighted by molar-refractivity contribution is 6.06. The molecule has 2 amide bonds. The summed E-state index contributed by atoms with van der Waals surface area (Å²) in [6.07, 6.45) is 2.74. The Morgan fingerprint density at radius 3 is 2.83 bits per heavy atom. The van der Waals surface area contributed by atoms with Crippen LogP contribution in [0.3, 0.4) is 0 Å². The maximum atomic E-state index is 11.9. The molecule has 7 heteroatoms. The smallest absolute Gasteiger partial charge is 0.271 e. The Bertz CT molecular complexity index is 1170. The van der Waals surface area contributed by atoms with E-state index in [2.05, 4.69) is 27.8 Å². The van der Waals surface area contributed by atoms with Crippen LogP contribution in [-0.2, 0) is 11.2 Å². The van der Waals surface area contributed by atoms with Crippen molar-refractivity contribution in [3.8, 4) is 11.1 Å². The molecule has 0 saturated heterocycles. The molecule has 1 fully saturated rings. The lowest BCUT2D eigenvalue weighted by molar-refractivity contribution is -0.115. The molecule has 0 bridgehead atoms. The molecule has 0 radical (unpaired) electrons. The molecule has 1 atom stereocenters. The number of anilines is 2. The summed E-state index contributed by atoms with van der Waals surface area (Å²) in [6.45, 7) is 2.11. The van der Waals surface area contributed by atoms with Gasteiger partial charge in [-0.15, -0.1) is 10.2 Å². The van der Waals surface area contributed by atoms with Crippen LogP contribution in [0.4, 0.5) is 11.4 Å². The molecule has 1 aromatic heterocycles. The lowest BCUT2D eigenvalue weighted by atomic mass is 9.96. The molecular weight excluding hydrogens is 366 g/mol. The highest BCUT2D eigenvalue weighted by atomic mass is 16.2. The maximum Gasteiger partial charge on any atom is 0.271 e. The number of carbonyl (C=O) groups excluding carboxylic acids is 2. The molecule has 1 aliphatic heterocycles. The number of aromatic nitrogens is 2. The van der Waals surface area contributed by atoms with E-state index in [0.29, 0.717) is 23.5 Å². The minimum absolute atomic E-state index is 0.000296. The van der Waals surface area contributed by atoms with Gasteiger partial charge in [0.2, 0.25) is 5.91 Å². The zero-order valence-electron chi connectivity index (χ0n) is 16.0. The summed E-state index contributed by atoms with van der Waals surface area (Å²) in [7, 11) is 0. The van der Waals surface area contributed by atoms with Crippen LogP contribution in [-0.4, -0.2) is 28.1 Å². The number of nitrogens with two attached hydrogens (primary N) is 1. The Balaban J connectivity index is 1.62. The van der Waals surface area contributed by atoms with Gasteiger partial charge in [0.15, 0.2) is 5.69 Å². The average Bonchev–Trinajstić information content (AvgIpc) is 3.48. The molecule has 29 heavy (non-hydrogen) atoms. The number of fused-ring (bicyclic) bond motifs is 2. The number of hydrogen-bond acceptors (Lipinski definition) is 5. The highest BCUT2D eigenvalue weighted by Crippen LogP contribution is 2.38. The Morgan fingerprint density at radius 1 is 1.24 bits per heavy atom. The second-order valence-corrected chi connectivity index (χ2v) is 7.85. The summed E-state index contributed by atoms with van der Waals surface area (Å²) in [5.41, 5.74) is 10.8. The summed E-state index contributed by atoms with van der Waals surface area (Å²) in [6, 6.07) is 11.9. The van der Waals surface area contributed by atoms with E-state index in [1.807, 2.05) is 36.4 Å². The quantitative estimate of drug-likeness (QED) is 0.623. The Hall–Kier alpha value is -3.48. The number of carbonyl (C=O) groups is 2. The Kier molecular flexibility index (Phi) is 3.97. The fraction of sp³-hybridized carbons (Fsp3) is 0.273. The number of primary amides is 1. The Labute approximate surface area is 167 Å². The molecule has 146 valence electrons. The van der Waals surface area contributed by atoms with E-state index >= 15 is 0 Å². The van der Waals surface area contributed by atoms with Crippen molar-refractivity contribution >= 4 is 34.1 Å². The fourth-order valence-electron chi connectivity index (χ4n) is 4.05. The van der Waals surface area contributed by atoms with Gasteiger partial charge in [0.05, 0.1) is 17.6 Å². The molecule has 1 saturated carbocycles. The van der Waals surface area contributed by atoms with Gasteiger partial charge in [-0.3, -0.25) is 9.59 Å². The van der Waals surface area contributed by atoms with Gasteiger partial charge in [-0.05, 0) is 60.6 Å². The third kappa shape index (κ3) is 3.08. The zero-order chi connectivity index (χ0) is 20.1. The van der Waals surface area contributed by atoms with E-state index in [1.165, 1.54) is 12.8 Å². The average molecular weight is 387 g/mol. The summed E-state index contributed by atoms with van der Waals surface area (Å²) >= 11 is 0. The third-order valence-corrected chi connectivity index (χ3v) is 5.79. The predicted molar refractivity (Wildman–Crippen MR) is 112 cm³/mol. The standard InChI is InChI=1S/C22H21N5O2/c1-11(12-5-6-12)24-20-15-8-7-13(9-18(15)26-27-21(20)22(23)29)14-3-2-4-17-16(14)10-19(28)25-17/h2-4,7-9,11-12H,5-6,10H2,1H3,(H2,23,29)(H,24,26)(H,25,28)/t11-/m1/s1. The lowest BCUT2D eigenvalue weighted by Crippen LogP contribution is -2.23. The van der Waals surface area contributed by atoms with Crippen LogP contribution in [0, 0.1) is 5.92 Å². The number of nitrogens with zero attached hydrogens (tertiary/aromatic N) is 2. The molecule has 3 aromatic rings. The van der Waals surface area contributed by atoms with Gasteiger partial charge in [-0.25, -0.2) is 0 Å². The first-order valence-corrected chi connectivity index (χ1v) is 9.80. The van der Waals surface area contributed by atoms with Crippen LogP contribution in [0.2, 0.25) is 0 Å². The minimum Gasteiger partial charge on any atom is -0.380 e. The van der Waals surface area contributed by atoms with E-state index in [9.17, 15) is 9.59 Å². The molecular formula is C22H21N5O2. The van der Waals surface area contributed by atoms with Gasteiger partial charge >= 0.3 is 0 Å². The largest absolute Gasteiger partial charge is 0.380 e. The fourth-order valence-corrected chi connectivity index (χ4v) is 4.05. The van der Waals surface area contributed by atoms with E-state index in [4.69, 9.17) is 5.73 Å². The molecule has 5 rings (SSSR count). The monoisotopic (exact) mass is 387 g/mol. The highest BCUT2D eigenvalue weighted by Gasteiger charge is 2.29. The van der Waals surface area contributed by atoms with Crippen LogP contribution in [0.5, 0.6) is 0 Å². The normalized spacial score (nSPS) is 16.4. The SMILES string of the molecule is C[C@@H](Nc1c(C(N)=O)nnc2cc(-c3cccc4c3CC(=O)N4)ccc12)C1CC1. The number of rotatable bonds is 5. The van der Waals surface area contributed by atoms with Crippen molar-refractivity contribution in [2.45, 2.75) is 32.2 Å². The van der Waals surface area contributed by atoms with Crippen molar-refractivity contribution in [2.75, 3.05) is 10.6 Å². The van der Waals surface area contributed by atoms with Gasteiger partial charge in [0.25, 0.3) is 5.91 Å². The second-order valence-electron chi connectivity index (χ2n) is 7.85. The van der Waals surface area contributed by atoms with Crippen LogP contribution in [0.25, 0.3) is 22.0 Å². The third-order valence-electron chi connectivity index (χ3n) is 5.79. The van der Waals surface area contributed by atoms with Gasteiger partial charge < -0.3 is 16.4 Å². The van der Waals surface area contributed by atoms with Gasteiger partial charge in [-0.2, -0.15) is 0 Å². The summed E-state index contributed by atoms with van der Waals surface area (Å²) in [5, 5.41) is 15.5. The predicted octanol–water partition coefficient (Wildman–Crippen LogP) is 3.10. The first kappa shape index (κ1) is 17.6. The number of benzene rings is 2. The zero-order valence-corrected chi connectivity index (χ0v) is 16.0. The van der Waals surface area contributed by atoms with E-state index < -0.39 is 5.91 Å². The molecule has 0 spiro atoms. The Morgan fingerprint density at radius 2 is 2.07 bits per heavy atom. The van der Waals surface area contributed by atoms with Crippen LogP contribution in [0.1, 0.15) is 35.8 Å². The van der Waals surface area contributed by atoms with Crippen molar-refractivity contribution in [2.24, 2.45) is 11.7 Å². The summed E-state index contributed by atoms with van der Waals surface area (Å²) in [4.78, 5) is 23.7. The maximum absolute atomic E-state index is 11.9. The molecule has 4 N–H and O–H groups in total. The number of hydrogen-bond donors (Lipinski definition) is 3. The molecule has 7 nitrogen and oxygen atoms in total. The van der Waals surface area contributed by atoms with Crippen molar-refractivity contribution < 1.29 is 9.59 Å². The molecule has 0 unspecified atom stereocenters. The molecule has 2 heterocycles. The van der Waals surface area contributed by atoms with Crippen molar-refractivity contribution in [3.05, 3.63) is 47.7 Å². The van der Waals surface area contributed by atoms with Crippen molar-refractivity contribution in [1.29, 1.82) is 0 Å². The topological polar surface area (TPSA) is 110 Å². The summed E-state index contributed by atoms with van der Waals surface area (Å²) < 4.78 is 0. The van der Waals surface area contributed by atoms with Crippen LogP contribution >= 0.6 is 0 Å². The first-order valence-electron chi connectivity index (χ1n) is 9.80. The van der Waals surface area contributed by atoms with Crippen LogP contribution in [0.15, 0.2) is 36.4 Å². The summed E-state index contributed by atoms with van der Waals surface area (Å²) in [5.74, 6) is 0.00859. The number of amides is 2. The van der Waals surface area contributed by atoms with E-state index in [-0.39, 0.29) is 17.6 Å². The van der Waals surface area contributed by atoms with Crippen LogP contribution < -0.4 is 16.4 Å². The molecule has 2 aliphatic rings. The van der Waals surface area contributed by atoms with Crippen molar-refractivity contribution in [1.82, 2.24) is 10.2 Å². The van der Waals surface area contributed by atoms with Gasteiger partial charge in [0, 0.05) is 17.1 Å². The van der Waals surface area contributed by atoms with Gasteiger partial charge in [-0.1, -0.05) is 18.2 Å². The minimum atomic E-state index is -0.598. The van der Waals surface area contributed by atoms with E-state index in [0.717, 1.165) is 27.8 Å². The lowest BCUT2D eigenvalue weighted by Gasteiger charge is -2.18. The molecule has 2 aromatic carbocycles. The molecule has 1 aliphatic carbocycles. The second kappa shape index (κ2) is 6.55. The van der Waals surface area contributed by atoms with E-state index in [1.54, 1.807) is 0 Å². The number of nitrogens with one attached hydrogen (secondary N) is 2. The van der Waals surface area contributed by atoms with Gasteiger partial charge in [0.1, 0.15) is 0 Å².